The number of carbonyl (C=O) groups is 1. The van der Waals surface area contributed by atoms with Gasteiger partial charge in [-0.2, -0.15) is 13.2 Å². The number of carboxylic acid groups (broad SMARTS) is 1. The first-order valence-electron chi connectivity index (χ1n) is 5.55. The molecule has 0 aromatic heterocycles. The van der Waals surface area contributed by atoms with Crippen LogP contribution in [0.25, 0.3) is 0 Å². The Balaban J connectivity index is 2.80. The minimum Gasteiger partial charge on any atom is -0.481 e. The third-order valence-corrected chi connectivity index (χ3v) is 3.18. The molecule has 106 valence electrons. The van der Waals surface area contributed by atoms with Crippen molar-refractivity contribution >= 4 is 27.6 Å². The SMILES string of the molecule is CC(CCC(=O)O)Nc1cc(C(F)(F)F)ccc1Br. The summed E-state index contributed by atoms with van der Waals surface area (Å²) in [5.74, 6) is -0.934. The second-order valence-corrected chi connectivity index (χ2v) is 5.02. The van der Waals surface area contributed by atoms with Crippen LogP contribution in [0.15, 0.2) is 22.7 Å². The largest absolute Gasteiger partial charge is 0.481 e. The normalized spacial score (nSPS) is 13.1. The predicted molar refractivity (Wildman–Crippen MR) is 69.1 cm³/mol. The molecule has 1 rings (SSSR count). The molecule has 1 aromatic rings. The third kappa shape index (κ3) is 5.10. The summed E-state index contributed by atoms with van der Waals surface area (Å²) < 4.78 is 38.2. The van der Waals surface area contributed by atoms with Gasteiger partial charge in [-0.25, -0.2) is 0 Å². The van der Waals surface area contributed by atoms with E-state index in [0.717, 1.165) is 12.1 Å². The van der Waals surface area contributed by atoms with Gasteiger partial charge in [0.2, 0.25) is 0 Å². The van der Waals surface area contributed by atoms with E-state index in [-0.39, 0.29) is 12.5 Å². The lowest BCUT2D eigenvalue weighted by molar-refractivity contribution is -0.138. The maximum Gasteiger partial charge on any atom is 0.416 e. The smallest absolute Gasteiger partial charge is 0.416 e. The molecule has 2 N–H and O–H groups in total. The Morgan fingerprint density at radius 3 is 2.63 bits per heavy atom. The fraction of sp³-hybridized carbons (Fsp3) is 0.417. The number of hydrogen-bond donors (Lipinski definition) is 2. The molecule has 7 heteroatoms. The van der Waals surface area contributed by atoms with Crippen LogP contribution in [0.3, 0.4) is 0 Å². The van der Waals surface area contributed by atoms with Crippen molar-refractivity contribution < 1.29 is 23.1 Å². The summed E-state index contributed by atoms with van der Waals surface area (Å²) in [6.07, 6.45) is -4.11. The molecule has 0 aliphatic carbocycles. The molecule has 19 heavy (non-hydrogen) atoms. The number of anilines is 1. The summed E-state index contributed by atoms with van der Waals surface area (Å²) >= 11 is 3.16. The first kappa shape index (κ1) is 15.8. The summed E-state index contributed by atoms with van der Waals surface area (Å²) in [4.78, 5) is 10.4. The lowest BCUT2D eigenvalue weighted by atomic mass is 10.1. The molecule has 0 spiro atoms. The van der Waals surface area contributed by atoms with Gasteiger partial charge in [0.25, 0.3) is 0 Å². The Labute approximate surface area is 116 Å². The molecule has 0 heterocycles. The topological polar surface area (TPSA) is 49.3 Å². The highest BCUT2D eigenvalue weighted by Gasteiger charge is 2.31. The van der Waals surface area contributed by atoms with Gasteiger partial charge in [-0.1, -0.05) is 0 Å². The Morgan fingerprint density at radius 2 is 2.11 bits per heavy atom. The lowest BCUT2D eigenvalue weighted by Gasteiger charge is -2.17. The average Bonchev–Trinajstić information content (AvgIpc) is 2.28. The number of carboxylic acids is 1. The molecular weight excluding hydrogens is 327 g/mol. The van der Waals surface area contributed by atoms with Gasteiger partial charge in [0.15, 0.2) is 0 Å². The first-order chi connectivity index (χ1) is 8.70. The van der Waals surface area contributed by atoms with E-state index in [1.807, 2.05) is 0 Å². The van der Waals surface area contributed by atoms with Crippen molar-refractivity contribution in [3.63, 3.8) is 0 Å². The molecule has 1 atom stereocenters. The molecule has 3 nitrogen and oxygen atoms in total. The molecule has 0 amide bonds. The van der Waals surface area contributed by atoms with Crippen LogP contribution < -0.4 is 5.32 Å². The van der Waals surface area contributed by atoms with E-state index in [2.05, 4.69) is 21.2 Å². The van der Waals surface area contributed by atoms with E-state index in [0.29, 0.717) is 16.6 Å². The summed E-state index contributed by atoms with van der Waals surface area (Å²) in [5, 5.41) is 11.4. The lowest BCUT2D eigenvalue weighted by Crippen LogP contribution is -2.17. The number of aliphatic carboxylic acids is 1. The van der Waals surface area contributed by atoms with Crippen molar-refractivity contribution in [1.29, 1.82) is 0 Å². The summed E-state index contributed by atoms with van der Waals surface area (Å²) in [6, 6.07) is 3.06. The van der Waals surface area contributed by atoms with Gasteiger partial charge in [-0.05, 0) is 47.5 Å². The van der Waals surface area contributed by atoms with Gasteiger partial charge in [0.05, 0.1) is 5.56 Å². The number of rotatable bonds is 5. The first-order valence-corrected chi connectivity index (χ1v) is 6.34. The van der Waals surface area contributed by atoms with Gasteiger partial charge in [-0.3, -0.25) is 4.79 Å². The van der Waals surface area contributed by atoms with Crippen LogP contribution in [-0.2, 0) is 11.0 Å². The van der Waals surface area contributed by atoms with Gasteiger partial charge >= 0.3 is 12.1 Å². The van der Waals surface area contributed by atoms with Crippen molar-refractivity contribution in [3.05, 3.63) is 28.2 Å². The van der Waals surface area contributed by atoms with Crippen LogP contribution in [0, 0.1) is 0 Å². The highest BCUT2D eigenvalue weighted by molar-refractivity contribution is 9.10. The van der Waals surface area contributed by atoms with Crippen molar-refractivity contribution in [2.45, 2.75) is 32.0 Å². The molecule has 1 unspecified atom stereocenters. The molecular formula is C12H13BrF3NO2. The maximum absolute atomic E-state index is 12.6. The monoisotopic (exact) mass is 339 g/mol. The second-order valence-electron chi connectivity index (χ2n) is 4.17. The molecule has 0 bridgehead atoms. The van der Waals surface area contributed by atoms with E-state index in [1.165, 1.54) is 6.07 Å². The highest BCUT2D eigenvalue weighted by atomic mass is 79.9. The van der Waals surface area contributed by atoms with Crippen LogP contribution in [0.5, 0.6) is 0 Å². The van der Waals surface area contributed by atoms with E-state index < -0.39 is 17.7 Å². The zero-order valence-corrected chi connectivity index (χ0v) is 11.7. The third-order valence-electron chi connectivity index (χ3n) is 2.49. The zero-order chi connectivity index (χ0) is 14.6. The van der Waals surface area contributed by atoms with Crippen molar-refractivity contribution in [3.8, 4) is 0 Å². The Hall–Kier alpha value is -1.24. The number of hydrogen-bond acceptors (Lipinski definition) is 2. The van der Waals surface area contributed by atoms with Gasteiger partial charge in [-0.15, -0.1) is 0 Å². The summed E-state index contributed by atoms with van der Waals surface area (Å²) in [6.45, 7) is 1.72. The second kappa shape index (κ2) is 6.27. The maximum atomic E-state index is 12.6. The predicted octanol–water partition coefficient (Wildman–Crippen LogP) is 4.13. The van der Waals surface area contributed by atoms with Gasteiger partial charge < -0.3 is 10.4 Å². The molecule has 0 fully saturated rings. The van der Waals surface area contributed by atoms with E-state index in [9.17, 15) is 18.0 Å². The van der Waals surface area contributed by atoms with Gasteiger partial charge in [0.1, 0.15) is 0 Å². The van der Waals surface area contributed by atoms with Crippen LogP contribution in [0.4, 0.5) is 18.9 Å². The van der Waals surface area contributed by atoms with Crippen LogP contribution in [0.1, 0.15) is 25.3 Å². The van der Waals surface area contributed by atoms with Crippen molar-refractivity contribution in [1.82, 2.24) is 0 Å². The summed E-state index contributed by atoms with van der Waals surface area (Å²) in [5.41, 5.74) is -0.448. The highest BCUT2D eigenvalue weighted by Crippen LogP contribution is 2.34. The minimum absolute atomic E-state index is 0.0370. The zero-order valence-electron chi connectivity index (χ0n) is 10.1. The van der Waals surface area contributed by atoms with E-state index in [1.54, 1.807) is 6.92 Å². The van der Waals surface area contributed by atoms with Crippen LogP contribution in [-0.4, -0.2) is 17.1 Å². The quantitative estimate of drug-likeness (QED) is 0.847. The Bertz CT molecular complexity index is 463. The van der Waals surface area contributed by atoms with Crippen molar-refractivity contribution in [2.75, 3.05) is 5.32 Å². The van der Waals surface area contributed by atoms with Crippen LogP contribution in [0.2, 0.25) is 0 Å². The summed E-state index contributed by atoms with van der Waals surface area (Å²) in [7, 11) is 0. The number of benzene rings is 1. The molecule has 1 aromatic carbocycles. The molecule has 0 aliphatic rings. The number of alkyl halides is 3. The molecule has 0 saturated heterocycles. The van der Waals surface area contributed by atoms with Crippen molar-refractivity contribution in [2.24, 2.45) is 0 Å². The number of nitrogens with one attached hydrogen (secondary N) is 1. The Kier molecular flexibility index (Phi) is 5.22. The fourth-order valence-electron chi connectivity index (χ4n) is 1.49. The molecule has 0 saturated carbocycles. The fourth-order valence-corrected chi connectivity index (χ4v) is 1.85. The molecule has 0 radical (unpaired) electrons. The van der Waals surface area contributed by atoms with E-state index >= 15 is 0 Å². The van der Waals surface area contributed by atoms with Crippen LogP contribution >= 0.6 is 15.9 Å². The number of halogens is 4. The van der Waals surface area contributed by atoms with Gasteiger partial charge in [0, 0.05) is 22.6 Å². The Morgan fingerprint density at radius 1 is 1.47 bits per heavy atom. The van der Waals surface area contributed by atoms with E-state index in [4.69, 9.17) is 5.11 Å². The standard InChI is InChI=1S/C12H13BrF3NO2/c1-7(2-5-11(18)19)17-10-6-8(12(14,15)16)3-4-9(10)13/h3-4,6-7,17H,2,5H2,1H3,(H,18,19). The minimum atomic E-state index is -4.40. The average molecular weight is 340 g/mol. The molecule has 0 aliphatic heterocycles.